The molecule has 0 aliphatic heterocycles. The molecule has 0 aliphatic carbocycles. The van der Waals surface area contributed by atoms with Crippen LogP contribution in [0.1, 0.15) is 56.8 Å². The largest absolute Gasteiger partial charge is 0.481 e. The molecule has 112 valence electrons. The van der Waals surface area contributed by atoms with Crippen LogP contribution in [0.2, 0.25) is 0 Å². The summed E-state index contributed by atoms with van der Waals surface area (Å²) in [5.41, 5.74) is -0.0455. The molecule has 0 fully saturated rings. The minimum absolute atomic E-state index is 0.00400. The lowest BCUT2D eigenvalue weighted by molar-refractivity contribution is -0.152. The SMILES string of the molecule is CCC(CC)(CC(=O)NC(C)c1nc(C)cs1)C(=O)O. The molecule has 2 N–H and O–H groups in total. The summed E-state index contributed by atoms with van der Waals surface area (Å²) in [6, 6.07) is -0.193. The third kappa shape index (κ3) is 3.79. The molecule has 0 bridgehead atoms. The fourth-order valence-corrected chi connectivity index (χ4v) is 2.91. The molecule has 6 heteroatoms. The van der Waals surface area contributed by atoms with E-state index in [4.69, 9.17) is 0 Å². The smallest absolute Gasteiger partial charge is 0.310 e. The zero-order chi connectivity index (χ0) is 15.3. The summed E-state index contributed by atoms with van der Waals surface area (Å²) < 4.78 is 0. The van der Waals surface area contributed by atoms with E-state index in [1.807, 2.05) is 19.2 Å². The summed E-state index contributed by atoms with van der Waals surface area (Å²) in [4.78, 5) is 27.8. The number of hydrogen-bond acceptors (Lipinski definition) is 4. The van der Waals surface area contributed by atoms with Crippen molar-refractivity contribution in [3.05, 3.63) is 16.1 Å². The number of amides is 1. The van der Waals surface area contributed by atoms with E-state index in [0.29, 0.717) is 12.8 Å². The van der Waals surface area contributed by atoms with Gasteiger partial charge in [0.2, 0.25) is 5.91 Å². The first-order chi connectivity index (χ1) is 9.34. The van der Waals surface area contributed by atoms with Crippen molar-refractivity contribution in [1.82, 2.24) is 10.3 Å². The van der Waals surface area contributed by atoms with Crippen LogP contribution >= 0.6 is 11.3 Å². The minimum atomic E-state index is -0.970. The van der Waals surface area contributed by atoms with E-state index in [1.54, 1.807) is 13.8 Å². The number of carboxylic acid groups (broad SMARTS) is 1. The highest BCUT2D eigenvalue weighted by molar-refractivity contribution is 7.09. The first-order valence-corrected chi connectivity index (χ1v) is 7.67. The van der Waals surface area contributed by atoms with Gasteiger partial charge in [-0.2, -0.15) is 0 Å². The van der Waals surface area contributed by atoms with Crippen molar-refractivity contribution in [3.63, 3.8) is 0 Å². The van der Waals surface area contributed by atoms with Crippen molar-refractivity contribution in [3.8, 4) is 0 Å². The van der Waals surface area contributed by atoms with Crippen molar-refractivity contribution in [2.75, 3.05) is 0 Å². The maximum atomic E-state index is 12.1. The van der Waals surface area contributed by atoms with Gasteiger partial charge < -0.3 is 10.4 Å². The third-order valence-corrected chi connectivity index (χ3v) is 4.84. The Labute approximate surface area is 123 Å². The average Bonchev–Trinajstić information content (AvgIpc) is 2.82. The second-order valence-corrected chi connectivity index (χ2v) is 5.98. The average molecular weight is 298 g/mol. The van der Waals surface area contributed by atoms with Crippen LogP contribution in [0.4, 0.5) is 0 Å². The zero-order valence-electron chi connectivity index (χ0n) is 12.4. The van der Waals surface area contributed by atoms with Gasteiger partial charge in [0.15, 0.2) is 0 Å². The van der Waals surface area contributed by atoms with Crippen LogP contribution in [0.5, 0.6) is 0 Å². The van der Waals surface area contributed by atoms with Crippen molar-refractivity contribution in [2.24, 2.45) is 5.41 Å². The van der Waals surface area contributed by atoms with Crippen molar-refractivity contribution < 1.29 is 14.7 Å². The Bertz CT molecular complexity index is 481. The molecule has 1 aromatic rings. The summed E-state index contributed by atoms with van der Waals surface area (Å²) in [6.45, 7) is 7.37. The topological polar surface area (TPSA) is 79.3 Å². The highest BCUT2D eigenvalue weighted by atomic mass is 32.1. The van der Waals surface area contributed by atoms with Crippen LogP contribution in [-0.4, -0.2) is 22.0 Å². The zero-order valence-corrected chi connectivity index (χ0v) is 13.2. The Morgan fingerprint density at radius 3 is 2.45 bits per heavy atom. The number of nitrogens with zero attached hydrogens (tertiary/aromatic N) is 1. The molecule has 1 rings (SSSR count). The van der Waals surface area contributed by atoms with Crippen molar-refractivity contribution >= 4 is 23.2 Å². The number of aromatic nitrogens is 1. The predicted molar refractivity (Wildman–Crippen MR) is 78.7 cm³/mol. The van der Waals surface area contributed by atoms with Gasteiger partial charge in [-0.15, -0.1) is 11.3 Å². The van der Waals surface area contributed by atoms with Crippen LogP contribution < -0.4 is 5.32 Å². The number of carbonyl (C=O) groups excluding carboxylic acids is 1. The van der Waals surface area contributed by atoms with E-state index in [2.05, 4.69) is 10.3 Å². The maximum absolute atomic E-state index is 12.1. The fourth-order valence-electron chi connectivity index (χ4n) is 2.11. The molecule has 1 unspecified atom stereocenters. The quantitative estimate of drug-likeness (QED) is 0.811. The molecular formula is C14H22N2O3S. The van der Waals surface area contributed by atoms with Crippen molar-refractivity contribution in [2.45, 2.75) is 53.0 Å². The van der Waals surface area contributed by atoms with Gasteiger partial charge in [-0.05, 0) is 26.7 Å². The number of carbonyl (C=O) groups is 2. The summed E-state index contributed by atoms with van der Waals surface area (Å²) >= 11 is 1.49. The molecule has 0 saturated carbocycles. The van der Waals surface area contributed by atoms with Gasteiger partial charge >= 0.3 is 5.97 Å². The third-order valence-electron chi connectivity index (χ3n) is 3.69. The monoisotopic (exact) mass is 298 g/mol. The van der Waals surface area contributed by atoms with Crippen LogP contribution in [0.3, 0.4) is 0 Å². The van der Waals surface area contributed by atoms with E-state index in [9.17, 15) is 14.7 Å². The van der Waals surface area contributed by atoms with Gasteiger partial charge in [-0.25, -0.2) is 4.98 Å². The van der Waals surface area contributed by atoms with Crippen LogP contribution in [0.15, 0.2) is 5.38 Å². The molecule has 0 aromatic carbocycles. The summed E-state index contributed by atoms with van der Waals surface area (Å²) in [7, 11) is 0. The Morgan fingerprint density at radius 1 is 1.45 bits per heavy atom. The van der Waals surface area contributed by atoms with E-state index < -0.39 is 11.4 Å². The Kier molecular flexibility index (Phi) is 5.68. The van der Waals surface area contributed by atoms with Crippen LogP contribution in [0.25, 0.3) is 0 Å². The lowest BCUT2D eigenvalue weighted by atomic mass is 9.79. The maximum Gasteiger partial charge on any atom is 0.310 e. The van der Waals surface area contributed by atoms with Gasteiger partial charge in [0.1, 0.15) is 5.01 Å². The molecule has 1 heterocycles. The highest BCUT2D eigenvalue weighted by Crippen LogP contribution is 2.31. The van der Waals surface area contributed by atoms with Crippen LogP contribution in [0, 0.1) is 12.3 Å². The molecule has 0 spiro atoms. The predicted octanol–water partition coefficient (Wildman–Crippen LogP) is 2.91. The molecule has 1 atom stereocenters. The lowest BCUT2D eigenvalue weighted by Crippen LogP contribution is -2.37. The Morgan fingerprint density at radius 2 is 2.05 bits per heavy atom. The molecule has 5 nitrogen and oxygen atoms in total. The Hall–Kier alpha value is -1.43. The number of carboxylic acids is 1. The molecular weight excluding hydrogens is 276 g/mol. The second kappa shape index (κ2) is 6.83. The number of thiazole rings is 1. The van der Waals surface area contributed by atoms with Crippen molar-refractivity contribution in [1.29, 1.82) is 0 Å². The number of nitrogens with one attached hydrogen (secondary N) is 1. The fraction of sp³-hybridized carbons (Fsp3) is 0.643. The van der Waals surface area contributed by atoms with E-state index in [1.165, 1.54) is 11.3 Å². The first-order valence-electron chi connectivity index (χ1n) is 6.79. The minimum Gasteiger partial charge on any atom is -0.481 e. The number of aryl methyl sites for hydroxylation is 1. The van der Waals surface area contributed by atoms with E-state index in [0.717, 1.165) is 10.7 Å². The van der Waals surface area contributed by atoms with Gasteiger partial charge in [0, 0.05) is 17.5 Å². The molecule has 0 saturated heterocycles. The number of hydrogen-bond donors (Lipinski definition) is 2. The first kappa shape index (κ1) is 16.6. The Balaban J connectivity index is 2.69. The molecule has 1 amide bonds. The van der Waals surface area contributed by atoms with E-state index >= 15 is 0 Å². The number of aliphatic carboxylic acids is 1. The molecule has 20 heavy (non-hydrogen) atoms. The molecule has 0 radical (unpaired) electrons. The van der Waals surface area contributed by atoms with Gasteiger partial charge in [-0.3, -0.25) is 9.59 Å². The van der Waals surface area contributed by atoms with Gasteiger partial charge in [0.25, 0.3) is 0 Å². The van der Waals surface area contributed by atoms with Gasteiger partial charge in [-0.1, -0.05) is 13.8 Å². The summed E-state index contributed by atoms with van der Waals surface area (Å²) in [6.07, 6.45) is 0.887. The second-order valence-electron chi connectivity index (χ2n) is 5.09. The standard InChI is InChI=1S/C14H22N2O3S/c1-5-14(6-2,13(18)19)7-11(17)16-10(4)12-15-9(3)8-20-12/h8,10H,5-7H2,1-4H3,(H,16,17)(H,18,19). The summed E-state index contributed by atoms with van der Waals surface area (Å²) in [5, 5.41) is 14.9. The van der Waals surface area contributed by atoms with Crippen LogP contribution in [-0.2, 0) is 9.59 Å². The molecule has 1 aromatic heterocycles. The summed E-state index contributed by atoms with van der Waals surface area (Å²) in [5.74, 6) is -1.15. The highest BCUT2D eigenvalue weighted by Gasteiger charge is 2.37. The molecule has 0 aliphatic rings. The van der Waals surface area contributed by atoms with E-state index in [-0.39, 0.29) is 18.4 Å². The number of rotatable bonds is 7. The van der Waals surface area contributed by atoms with Gasteiger partial charge in [0.05, 0.1) is 11.5 Å². The normalized spacial score (nSPS) is 13.0. The lowest BCUT2D eigenvalue weighted by Gasteiger charge is -2.26.